The number of carbonyl (C=O) groups is 1. The van der Waals surface area contributed by atoms with Crippen LogP contribution in [0.5, 0.6) is 5.88 Å². The third-order valence-electron chi connectivity index (χ3n) is 5.06. The van der Waals surface area contributed by atoms with Gasteiger partial charge in [0.05, 0.1) is 29.8 Å². The van der Waals surface area contributed by atoms with Crippen LogP contribution in [0, 0.1) is 0 Å². The van der Waals surface area contributed by atoms with E-state index in [1.54, 1.807) is 18.3 Å². The van der Waals surface area contributed by atoms with Crippen LogP contribution in [0.3, 0.4) is 0 Å². The second-order valence-electron chi connectivity index (χ2n) is 6.89. The number of carbonyl (C=O) groups excluding carboxylic acids is 1. The fourth-order valence-electron chi connectivity index (χ4n) is 3.43. The van der Waals surface area contributed by atoms with Gasteiger partial charge in [-0.05, 0) is 44.8 Å². The summed E-state index contributed by atoms with van der Waals surface area (Å²) in [5, 5.41) is 22.3. The van der Waals surface area contributed by atoms with E-state index < -0.39 is 0 Å². The summed E-state index contributed by atoms with van der Waals surface area (Å²) < 4.78 is 5.67. The smallest absolute Gasteiger partial charge is 0.276 e. The number of aromatic amines is 1. The molecule has 0 bridgehead atoms. The van der Waals surface area contributed by atoms with E-state index >= 15 is 0 Å². The highest BCUT2D eigenvalue weighted by molar-refractivity contribution is 6.13. The van der Waals surface area contributed by atoms with E-state index in [1.165, 1.54) is 0 Å². The van der Waals surface area contributed by atoms with Crippen molar-refractivity contribution in [3.63, 3.8) is 0 Å². The van der Waals surface area contributed by atoms with Gasteiger partial charge >= 0.3 is 0 Å². The topological polar surface area (TPSA) is 116 Å². The van der Waals surface area contributed by atoms with E-state index in [2.05, 4.69) is 44.4 Å². The van der Waals surface area contributed by atoms with E-state index in [1.807, 2.05) is 0 Å². The largest absolute Gasteiger partial charge is 0.478 e. The summed E-state index contributed by atoms with van der Waals surface area (Å²) in [5.41, 5.74) is 2.67. The number of nitrogens with zero attached hydrogens (tertiary/aromatic N) is 4. The molecule has 9 nitrogen and oxygen atoms in total. The number of fused-ring (bicyclic) bond motifs is 1. The van der Waals surface area contributed by atoms with Crippen molar-refractivity contribution < 1.29 is 14.7 Å². The Morgan fingerprint density at radius 1 is 1.34 bits per heavy atom. The predicted molar refractivity (Wildman–Crippen MR) is 110 cm³/mol. The van der Waals surface area contributed by atoms with Crippen molar-refractivity contribution in [1.82, 2.24) is 20.1 Å². The minimum atomic E-state index is -0.375. The van der Waals surface area contributed by atoms with Gasteiger partial charge in [0.15, 0.2) is 5.69 Å². The summed E-state index contributed by atoms with van der Waals surface area (Å²) >= 11 is 0. The van der Waals surface area contributed by atoms with Crippen LogP contribution in [0.1, 0.15) is 54.9 Å². The van der Waals surface area contributed by atoms with Crippen molar-refractivity contribution in [2.24, 2.45) is 5.16 Å². The first-order chi connectivity index (χ1) is 14.2. The molecule has 0 aromatic carbocycles. The van der Waals surface area contributed by atoms with Gasteiger partial charge in [0.25, 0.3) is 5.91 Å². The minimum absolute atomic E-state index is 0.226. The van der Waals surface area contributed by atoms with Gasteiger partial charge in [0.2, 0.25) is 5.88 Å². The second-order valence-corrected chi connectivity index (χ2v) is 6.89. The maximum atomic E-state index is 12.6. The van der Waals surface area contributed by atoms with Gasteiger partial charge in [-0.15, -0.1) is 0 Å². The summed E-state index contributed by atoms with van der Waals surface area (Å²) in [6.45, 7) is 7.96. The Morgan fingerprint density at radius 3 is 2.86 bits per heavy atom. The maximum absolute atomic E-state index is 12.6. The maximum Gasteiger partial charge on any atom is 0.276 e. The number of hydrogen-bond acceptors (Lipinski definition) is 7. The van der Waals surface area contributed by atoms with Crippen LogP contribution < -0.4 is 10.1 Å². The lowest BCUT2D eigenvalue weighted by atomic mass is 9.93. The van der Waals surface area contributed by atoms with Crippen LogP contribution in [0.15, 0.2) is 23.5 Å². The van der Waals surface area contributed by atoms with E-state index in [4.69, 9.17) is 4.74 Å². The quantitative estimate of drug-likeness (QED) is 0.339. The zero-order valence-corrected chi connectivity index (χ0v) is 16.9. The van der Waals surface area contributed by atoms with Crippen LogP contribution in [-0.2, 0) is 6.42 Å². The minimum Gasteiger partial charge on any atom is -0.478 e. The van der Waals surface area contributed by atoms with Crippen LogP contribution in [-0.4, -0.2) is 63.1 Å². The molecule has 3 rings (SSSR count). The van der Waals surface area contributed by atoms with Crippen molar-refractivity contribution in [2.45, 2.75) is 39.5 Å². The lowest BCUT2D eigenvalue weighted by Crippen LogP contribution is -2.25. The Labute approximate surface area is 170 Å². The molecule has 0 atom stereocenters. The summed E-state index contributed by atoms with van der Waals surface area (Å²) in [4.78, 5) is 19.2. The zero-order valence-electron chi connectivity index (χ0n) is 16.9. The van der Waals surface area contributed by atoms with Crippen molar-refractivity contribution in [3.8, 4) is 5.88 Å². The summed E-state index contributed by atoms with van der Waals surface area (Å²) in [5.74, 6) is 0.148. The monoisotopic (exact) mass is 400 g/mol. The number of aryl methyl sites for hydroxylation is 1. The SMILES string of the molecule is CCN(CC)CCCOc1ccc(NC(=O)c2n[nH]c3c2C(=NO)CCC3)cn1. The molecule has 9 heteroatoms. The molecule has 0 saturated carbocycles. The zero-order chi connectivity index (χ0) is 20.6. The highest BCUT2D eigenvalue weighted by Crippen LogP contribution is 2.24. The predicted octanol–water partition coefficient (Wildman–Crippen LogP) is 2.68. The average Bonchev–Trinajstić information content (AvgIpc) is 3.19. The average molecular weight is 400 g/mol. The van der Waals surface area contributed by atoms with Crippen LogP contribution in [0.25, 0.3) is 0 Å². The molecule has 29 heavy (non-hydrogen) atoms. The number of anilines is 1. The molecule has 0 saturated heterocycles. The fourth-order valence-corrected chi connectivity index (χ4v) is 3.43. The summed E-state index contributed by atoms with van der Waals surface area (Å²) in [6, 6.07) is 3.47. The summed E-state index contributed by atoms with van der Waals surface area (Å²) in [7, 11) is 0. The molecule has 2 aromatic rings. The van der Waals surface area contributed by atoms with Crippen molar-refractivity contribution in [2.75, 3.05) is 31.6 Å². The van der Waals surface area contributed by atoms with Crippen LogP contribution in [0.4, 0.5) is 5.69 Å². The molecule has 2 heterocycles. The standard InChI is InChI=1S/C20H28N6O3/c1-3-26(4-2)11-6-12-29-17-10-9-14(13-21-17)22-20(27)19-18-15(23-24-19)7-5-8-16(18)25-28/h9-10,13,28H,3-8,11-12H2,1-2H3,(H,22,27)(H,23,24). The summed E-state index contributed by atoms with van der Waals surface area (Å²) in [6.07, 6.45) is 4.73. The number of oxime groups is 1. The molecule has 1 aliphatic rings. The van der Waals surface area contributed by atoms with E-state index in [-0.39, 0.29) is 11.6 Å². The third-order valence-corrected chi connectivity index (χ3v) is 5.06. The Kier molecular flexibility index (Phi) is 7.18. The molecule has 0 unspecified atom stereocenters. The first-order valence-corrected chi connectivity index (χ1v) is 10.1. The molecule has 0 fully saturated rings. The van der Waals surface area contributed by atoms with E-state index in [0.29, 0.717) is 35.9 Å². The number of rotatable bonds is 9. The lowest BCUT2D eigenvalue weighted by molar-refractivity contribution is 0.102. The fraction of sp³-hybridized carbons (Fsp3) is 0.500. The van der Waals surface area contributed by atoms with Crippen LogP contribution in [0.2, 0.25) is 0 Å². The van der Waals surface area contributed by atoms with Gasteiger partial charge < -0.3 is 20.2 Å². The van der Waals surface area contributed by atoms with Gasteiger partial charge in [0, 0.05) is 18.3 Å². The Hall–Kier alpha value is -2.94. The number of aromatic nitrogens is 3. The number of H-pyrrole nitrogens is 1. The molecule has 0 spiro atoms. The van der Waals surface area contributed by atoms with E-state index in [9.17, 15) is 10.0 Å². The number of nitrogens with one attached hydrogen (secondary N) is 2. The molecule has 1 aliphatic carbocycles. The molecule has 3 N–H and O–H groups in total. The third kappa shape index (κ3) is 5.11. The molecule has 1 amide bonds. The van der Waals surface area contributed by atoms with Crippen molar-refractivity contribution in [1.29, 1.82) is 0 Å². The molecule has 0 radical (unpaired) electrons. The van der Waals surface area contributed by atoms with Gasteiger partial charge in [-0.25, -0.2) is 4.98 Å². The highest BCUT2D eigenvalue weighted by Gasteiger charge is 2.26. The highest BCUT2D eigenvalue weighted by atomic mass is 16.5. The Morgan fingerprint density at radius 2 is 2.17 bits per heavy atom. The van der Waals surface area contributed by atoms with Gasteiger partial charge in [0.1, 0.15) is 0 Å². The Bertz CT molecular complexity index is 842. The lowest BCUT2D eigenvalue weighted by Gasteiger charge is -2.17. The molecule has 156 valence electrons. The molecule has 0 aliphatic heterocycles. The van der Waals surface area contributed by atoms with Crippen molar-refractivity contribution in [3.05, 3.63) is 35.3 Å². The van der Waals surface area contributed by atoms with Gasteiger partial charge in [-0.1, -0.05) is 19.0 Å². The normalized spacial score (nSPS) is 14.8. The van der Waals surface area contributed by atoms with Gasteiger partial charge in [-0.3, -0.25) is 9.89 Å². The number of pyridine rings is 1. The second kappa shape index (κ2) is 10.0. The molecular weight excluding hydrogens is 372 g/mol. The number of ether oxygens (including phenoxy) is 1. The molecule has 2 aromatic heterocycles. The first-order valence-electron chi connectivity index (χ1n) is 10.1. The van der Waals surface area contributed by atoms with E-state index in [0.717, 1.165) is 44.6 Å². The van der Waals surface area contributed by atoms with Crippen LogP contribution >= 0.6 is 0 Å². The first kappa shape index (κ1) is 20.8. The number of amides is 1. The Balaban J connectivity index is 1.55. The molecular formula is C20H28N6O3. The number of hydrogen-bond donors (Lipinski definition) is 3. The van der Waals surface area contributed by atoms with Crippen molar-refractivity contribution >= 4 is 17.3 Å². The van der Waals surface area contributed by atoms with Gasteiger partial charge in [-0.2, -0.15) is 5.10 Å².